The molecule has 1 aromatic carbocycles. The fourth-order valence-corrected chi connectivity index (χ4v) is 4.39. The average molecular weight is 638 g/mol. The topological polar surface area (TPSA) is 265 Å². The summed E-state index contributed by atoms with van der Waals surface area (Å²) in [6.45, 7) is -2.03. The maximum atomic E-state index is 11.2. The molecule has 242 valence electrons. The van der Waals surface area contributed by atoms with E-state index < -0.39 is 50.1 Å². The van der Waals surface area contributed by atoms with E-state index in [0.717, 1.165) is 0 Å². The van der Waals surface area contributed by atoms with E-state index in [9.17, 15) is 19.2 Å². The van der Waals surface area contributed by atoms with Crippen molar-refractivity contribution in [2.24, 2.45) is 0 Å². The summed E-state index contributed by atoms with van der Waals surface area (Å²) in [7, 11) is 0. The SMILES string of the molecule is Nc1ccc(OCc2cc(-n3ccc(CN(CC(=O)O)CC(=O)O)n3)nc(-n3ccc(CN(CC(=O)O)CC(=O)O)n3)c2)cc1N. The van der Waals surface area contributed by atoms with Crippen molar-refractivity contribution in [3.63, 3.8) is 0 Å². The Bertz CT molecular complexity index is 1610. The van der Waals surface area contributed by atoms with E-state index in [-0.39, 0.29) is 19.7 Å². The molecule has 0 saturated carbocycles. The molecule has 3 heterocycles. The molecule has 0 saturated heterocycles. The number of pyridine rings is 1. The second-order valence-electron chi connectivity index (χ2n) is 10.1. The van der Waals surface area contributed by atoms with Crippen LogP contribution in [-0.4, -0.2) is 105 Å². The Morgan fingerprint density at radius 2 is 1.13 bits per heavy atom. The van der Waals surface area contributed by atoms with Crippen LogP contribution in [0, 0.1) is 0 Å². The van der Waals surface area contributed by atoms with Gasteiger partial charge in [-0.05, 0) is 42.0 Å². The molecule has 0 atom stereocenters. The van der Waals surface area contributed by atoms with Crippen LogP contribution >= 0.6 is 0 Å². The van der Waals surface area contributed by atoms with Crippen LogP contribution in [-0.2, 0) is 38.9 Å². The number of carbonyl (C=O) groups is 4. The van der Waals surface area contributed by atoms with Gasteiger partial charge in [0.2, 0.25) is 0 Å². The van der Waals surface area contributed by atoms with E-state index in [4.69, 9.17) is 36.6 Å². The highest BCUT2D eigenvalue weighted by Crippen LogP contribution is 2.23. The van der Waals surface area contributed by atoms with E-state index in [2.05, 4.69) is 15.2 Å². The van der Waals surface area contributed by atoms with Crippen LogP contribution in [0.5, 0.6) is 5.75 Å². The summed E-state index contributed by atoms with van der Waals surface area (Å²) in [5, 5.41) is 45.5. The summed E-state index contributed by atoms with van der Waals surface area (Å²) in [4.78, 5) is 51.9. The standard InChI is InChI=1S/C28H31N9O9/c29-21-2-1-20(9-22(21)30)46-16-17-7-23(36-5-3-18(32-36)10-34(12-25(38)39)13-26(40)41)31-24(8-17)37-6-4-19(33-37)11-35(14-27(42)43)15-28(44)45/h1-9H,10-16,29-30H2,(H,38,39)(H,40,41)(H,42,43)(H,44,45). The number of benzene rings is 1. The number of carboxylic acids is 4. The second-order valence-corrected chi connectivity index (χ2v) is 10.1. The van der Waals surface area contributed by atoms with Crippen molar-refractivity contribution < 1.29 is 44.3 Å². The van der Waals surface area contributed by atoms with Gasteiger partial charge in [-0.25, -0.2) is 14.3 Å². The minimum absolute atomic E-state index is 0.0501. The zero-order chi connectivity index (χ0) is 33.4. The summed E-state index contributed by atoms with van der Waals surface area (Å²) in [6, 6.07) is 11.4. The number of rotatable bonds is 17. The van der Waals surface area contributed by atoms with Gasteiger partial charge in [0.15, 0.2) is 11.6 Å². The maximum Gasteiger partial charge on any atom is 0.317 e. The number of aliphatic carboxylic acids is 4. The van der Waals surface area contributed by atoms with Gasteiger partial charge in [0.05, 0.1) is 48.9 Å². The zero-order valence-electron chi connectivity index (χ0n) is 24.3. The fraction of sp³-hybridized carbons (Fsp3) is 0.250. The highest BCUT2D eigenvalue weighted by atomic mass is 16.5. The number of hydrogen-bond acceptors (Lipinski definition) is 12. The van der Waals surface area contributed by atoms with Crippen molar-refractivity contribution >= 4 is 35.3 Å². The molecule has 46 heavy (non-hydrogen) atoms. The van der Waals surface area contributed by atoms with Gasteiger partial charge >= 0.3 is 23.9 Å². The largest absolute Gasteiger partial charge is 0.489 e. The first-order valence-corrected chi connectivity index (χ1v) is 13.5. The van der Waals surface area contributed by atoms with E-state index in [1.54, 1.807) is 54.9 Å². The molecule has 0 bridgehead atoms. The monoisotopic (exact) mass is 637 g/mol. The first-order valence-electron chi connectivity index (χ1n) is 13.5. The van der Waals surface area contributed by atoms with Crippen molar-refractivity contribution in [3.8, 4) is 17.4 Å². The highest BCUT2D eigenvalue weighted by molar-refractivity contribution is 5.73. The third-order valence-electron chi connectivity index (χ3n) is 6.29. The van der Waals surface area contributed by atoms with Crippen LogP contribution in [0.1, 0.15) is 17.0 Å². The lowest BCUT2D eigenvalue weighted by molar-refractivity contribution is -0.144. The molecular formula is C28H31N9O9. The summed E-state index contributed by atoms with van der Waals surface area (Å²) in [5.74, 6) is -3.64. The van der Waals surface area contributed by atoms with Crippen LogP contribution in [0.25, 0.3) is 11.6 Å². The molecule has 0 aliphatic heterocycles. The number of nitrogens with two attached hydrogens (primary N) is 2. The number of hydrogen-bond donors (Lipinski definition) is 6. The van der Waals surface area contributed by atoms with E-state index >= 15 is 0 Å². The molecule has 0 aliphatic rings. The summed E-state index contributed by atoms with van der Waals surface area (Å²) in [6.07, 6.45) is 3.16. The Balaban J connectivity index is 1.64. The van der Waals surface area contributed by atoms with Crippen LogP contribution < -0.4 is 16.2 Å². The molecule has 0 fully saturated rings. The van der Waals surface area contributed by atoms with Crippen LogP contribution in [0.3, 0.4) is 0 Å². The number of aromatic nitrogens is 5. The Morgan fingerprint density at radius 3 is 1.54 bits per heavy atom. The minimum atomic E-state index is -1.19. The molecule has 0 spiro atoms. The third kappa shape index (κ3) is 9.49. The third-order valence-corrected chi connectivity index (χ3v) is 6.29. The van der Waals surface area contributed by atoms with E-state index in [1.807, 2.05) is 0 Å². The Labute approximate surface area is 260 Å². The number of carboxylic acid groups (broad SMARTS) is 4. The summed E-state index contributed by atoms with van der Waals surface area (Å²) >= 11 is 0. The summed E-state index contributed by atoms with van der Waals surface area (Å²) in [5.41, 5.74) is 13.8. The van der Waals surface area contributed by atoms with Gasteiger partial charge in [0.25, 0.3) is 0 Å². The van der Waals surface area contributed by atoms with Gasteiger partial charge in [-0.2, -0.15) is 10.2 Å². The first-order chi connectivity index (χ1) is 21.8. The van der Waals surface area contributed by atoms with Crippen LogP contribution in [0.2, 0.25) is 0 Å². The molecular weight excluding hydrogens is 606 g/mol. The minimum Gasteiger partial charge on any atom is -0.489 e. The number of ether oxygens (including phenoxy) is 1. The fourth-order valence-electron chi connectivity index (χ4n) is 4.39. The summed E-state index contributed by atoms with van der Waals surface area (Å²) < 4.78 is 8.77. The molecule has 4 rings (SSSR count). The molecule has 18 nitrogen and oxygen atoms in total. The number of anilines is 2. The highest BCUT2D eigenvalue weighted by Gasteiger charge is 2.18. The molecule has 18 heteroatoms. The van der Waals surface area contributed by atoms with E-state index in [1.165, 1.54) is 19.2 Å². The normalized spacial score (nSPS) is 11.2. The van der Waals surface area contributed by atoms with Gasteiger partial charge in [0, 0.05) is 31.5 Å². The molecule has 4 aromatic rings. The lowest BCUT2D eigenvalue weighted by atomic mass is 10.2. The number of nitrogen functional groups attached to an aromatic ring is 2. The molecule has 0 aliphatic carbocycles. The van der Waals surface area contributed by atoms with Gasteiger partial charge in [-0.15, -0.1) is 0 Å². The van der Waals surface area contributed by atoms with Gasteiger partial charge in [0.1, 0.15) is 12.4 Å². The molecule has 8 N–H and O–H groups in total. The molecule has 0 radical (unpaired) electrons. The Kier molecular flexibility index (Phi) is 10.5. The van der Waals surface area contributed by atoms with Crippen molar-refractivity contribution in [2.45, 2.75) is 19.7 Å². The second kappa shape index (κ2) is 14.6. The van der Waals surface area contributed by atoms with Gasteiger partial charge in [-0.1, -0.05) is 0 Å². The van der Waals surface area contributed by atoms with Gasteiger partial charge < -0.3 is 36.6 Å². The van der Waals surface area contributed by atoms with E-state index in [0.29, 0.717) is 45.7 Å². The predicted octanol–water partition coefficient (Wildman–Crippen LogP) is 0.139. The van der Waals surface area contributed by atoms with Crippen molar-refractivity contribution in [3.05, 3.63) is 71.8 Å². The van der Waals surface area contributed by atoms with Crippen LogP contribution in [0.15, 0.2) is 54.9 Å². The quantitative estimate of drug-likeness (QED) is 0.0840. The lowest BCUT2D eigenvalue weighted by Gasteiger charge is -2.16. The van der Waals surface area contributed by atoms with Crippen LogP contribution in [0.4, 0.5) is 11.4 Å². The molecule has 0 unspecified atom stereocenters. The maximum absolute atomic E-state index is 11.2. The van der Waals surface area contributed by atoms with Crippen molar-refractivity contribution in [1.29, 1.82) is 0 Å². The van der Waals surface area contributed by atoms with Gasteiger partial charge in [-0.3, -0.25) is 29.0 Å². The smallest absolute Gasteiger partial charge is 0.317 e. The first kappa shape index (κ1) is 32.9. The zero-order valence-corrected chi connectivity index (χ0v) is 24.3. The average Bonchev–Trinajstić information content (AvgIpc) is 3.62. The lowest BCUT2D eigenvalue weighted by Crippen LogP contribution is -2.34. The van der Waals surface area contributed by atoms with Crippen molar-refractivity contribution in [1.82, 2.24) is 34.3 Å². The predicted molar refractivity (Wildman–Crippen MR) is 159 cm³/mol. The Morgan fingerprint density at radius 1 is 0.674 bits per heavy atom. The number of nitrogens with zero attached hydrogens (tertiary/aromatic N) is 7. The van der Waals surface area contributed by atoms with Crippen molar-refractivity contribution in [2.75, 3.05) is 37.6 Å². The molecule has 3 aromatic heterocycles. The Hall–Kier alpha value is -6.01. The molecule has 0 amide bonds.